The van der Waals surface area contributed by atoms with Crippen LogP contribution in [0.2, 0.25) is 10.0 Å². The maximum absolute atomic E-state index is 13.3. The third kappa shape index (κ3) is 4.18. The number of hydrogen-bond acceptors (Lipinski definition) is 4. The van der Waals surface area contributed by atoms with Gasteiger partial charge in [0, 0.05) is 26.7 Å². The first-order valence-electron chi connectivity index (χ1n) is 10.3. The monoisotopic (exact) mass is 483 g/mol. The van der Waals surface area contributed by atoms with Gasteiger partial charge in [0.05, 0.1) is 11.7 Å². The topological polar surface area (TPSA) is 64.0 Å². The molecule has 2 heterocycles. The van der Waals surface area contributed by atoms with Crippen molar-refractivity contribution < 1.29 is 4.79 Å². The molecule has 1 aliphatic carbocycles. The lowest BCUT2D eigenvalue weighted by Crippen LogP contribution is -2.27. The van der Waals surface area contributed by atoms with E-state index in [9.17, 15) is 9.59 Å². The first-order valence-corrected chi connectivity index (χ1v) is 12.0. The van der Waals surface area contributed by atoms with Crippen molar-refractivity contribution in [1.29, 1.82) is 0 Å². The second-order valence-corrected chi connectivity index (χ2v) is 9.64. The molecule has 0 unspecified atom stereocenters. The van der Waals surface area contributed by atoms with Crippen LogP contribution in [0.25, 0.3) is 21.3 Å². The molecule has 1 aliphatic rings. The third-order valence-electron chi connectivity index (χ3n) is 5.68. The van der Waals surface area contributed by atoms with Crippen LogP contribution in [0.15, 0.2) is 52.9 Å². The van der Waals surface area contributed by atoms with E-state index >= 15 is 0 Å². The van der Waals surface area contributed by atoms with E-state index < -0.39 is 0 Å². The number of carbonyl (C=O) groups is 1. The maximum atomic E-state index is 13.3. The zero-order valence-electron chi connectivity index (χ0n) is 17.0. The Balaban J connectivity index is 1.46. The van der Waals surface area contributed by atoms with Crippen LogP contribution in [0.5, 0.6) is 0 Å². The molecule has 0 bridgehead atoms. The van der Waals surface area contributed by atoms with E-state index in [0.29, 0.717) is 25.9 Å². The van der Waals surface area contributed by atoms with Gasteiger partial charge in [0.1, 0.15) is 11.4 Å². The largest absolute Gasteiger partial charge is 0.324 e. The first-order chi connectivity index (χ1) is 15.5. The quantitative estimate of drug-likeness (QED) is 0.390. The van der Waals surface area contributed by atoms with Gasteiger partial charge < -0.3 is 5.32 Å². The van der Waals surface area contributed by atoms with Crippen LogP contribution < -0.4 is 10.9 Å². The molecular formula is C24H19Cl2N3O2S. The van der Waals surface area contributed by atoms with Gasteiger partial charge in [-0.2, -0.15) is 0 Å². The van der Waals surface area contributed by atoms with Gasteiger partial charge in [0.15, 0.2) is 0 Å². The van der Waals surface area contributed by atoms with Gasteiger partial charge >= 0.3 is 0 Å². The van der Waals surface area contributed by atoms with Gasteiger partial charge in [-0.05, 0) is 60.6 Å². The van der Waals surface area contributed by atoms with Gasteiger partial charge in [-0.3, -0.25) is 14.2 Å². The lowest BCUT2D eigenvalue weighted by molar-refractivity contribution is -0.116. The van der Waals surface area contributed by atoms with Gasteiger partial charge in [-0.15, -0.1) is 11.3 Å². The van der Waals surface area contributed by atoms with E-state index in [1.807, 2.05) is 5.38 Å². The van der Waals surface area contributed by atoms with Crippen molar-refractivity contribution in [3.63, 3.8) is 0 Å². The number of benzene rings is 2. The van der Waals surface area contributed by atoms with E-state index in [2.05, 4.69) is 28.5 Å². The van der Waals surface area contributed by atoms with E-state index in [1.54, 1.807) is 18.2 Å². The lowest BCUT2D eigenvalue weighted by atomic mass is 9.89. The Kier molecular flexibility index (Phi) is 5.76. The highest BCUT2D eigenvalue weighted by Gasteiger charge is 2.17. The number of hydrogen-bond donors (Lipinski definition) is 1. The van der Waals surface area contributed by atoms with Crippen molar-refractivity contribution >= 4 is 56.3 Å². The zero-order valence-corrected chi connectivity index (χ0v) is 19.4. The number of carbonyl (C=O) groups excluding carboxylic acids is 1. The molecular weight excluding hydrogens is 465 g/mol. The number of nitrogens with zero attached hydrogens (tertiary/aromatic N) is 2. The minimum absolute atomic E-state index is 0.161. The van der Waals surface area contributed by atoms with Crippen LogP contribution in [0.4, 0.5) is 5.69 Å². The first kappa shape index (κ1) is 21.2. The number of amides is 1. The highest BCUT2D eigenvalue weighted by molar-refractivity contribution is 7.17. The predicted molar refractivity (Wildman–Crippen MR) is 131 cm³/mol. The summed E-state index contributed by atoms with van der Waals surface area (Å²) in [7, 11) is 0. The summed E-state index contributed by atoms with van der Waals surface area (Å²) in [6.07, 6.45) is 6.03. The molecule has 32 heavy (non-hydrogen) atoms. The normalized spacial score (nSPS) is 13.2. The van der Waals surface area contributed by atoms with E-state index in [0.717, 1.165) is 24.0 Å². The molecule has 0 fully saturated rings. The molecule has 5 rings (SSSR count). The summed E-state index contributed by atoms with van der Waals surface area (Å²) in [5.74, 6) is -0.364. The Labute approximate surface area is 198 Å². The Morgan fingerprint density at radius 1 is 1.06 bits per heavy atom. The number of halogens is 2. The lowest BCUT2D eigenvalue weighted by Gasteiger charge is -2.16. The minimum atomic E-state index is -0.364. The fourth-order valence-corrected chi connectivity index (χ4v) is 5.61. The Morgan fingerprint density at radius 3 is 2.59 bits per heavy atom. The van der Waals surface area contributed by atoms with Gasteiger partial charge in [0.25, 0.3) is 5.56 Å². The molecule has 0 spiro atoms. The van der Waals surface area contributed by atoms with Crippen LogP contribution >= 0.6 is 34.5 Å². The molecule has 0 atom stereocenters. The number of thiophene rings is 1. The standard InChI is InChI=1S/C24H19Cl2N3O2S/c25-17-8-18(26)10-19(9-17)28-21(30)11-29-13-27-23-22(24(29)31)20(12-32-23)16-6-5-14-3-1-2-4-15(14)7-16/h5-10,12-13H,1-4,11H2,(H,28,30). The van der Waals surface area contributed by atoms with Crippen LogP contribution in [-0.2, 0) is 24.2 Å². The molecule has 162 valence electrons. The van der Waals surface area contributed by atoms with Crippen molar-refractivity contribution in [2.75, 3.05) is 5.32 Å². The molecule has 5 nitrogen and oxygen atoms in total. The van der Waals surface area contributed by atoms with E-state index in [-0.39, 0.29) is 18.0 Å². The Hall–Kier alpha value is -2.67. The molecule has 0 saturated carbocycles. The average Bonchev–Trinajstić information content (AvgIpc) is 3.19. The summed E-state index contributed by atoms with van der Waals surface area (Å²) in [5.41, 5.74) is 4.88. The SMILES string of the molecule is O=C(Cn1cnc2scc(-c3ccc4c(c3)CCCC4)c2c1=O)Nc1cc(Cl)cc(Cl)c1. The summed E-state index contributed by atoms with van der Waals surface area (Å²) in [4.78, 5) is 30.9. The van der Waals surface area contributed by atoms with Gasteiger partial charge in [-0.25, -0.2) is 4.98 Å². The summed E-state index contributed by atoms with van der Waals surface area (Å²) in [6, 6.07) is 11.2. The van der Waals surface area contributed by atoms with Crippen molar-refractivity contribution in [2.45, 2.75) is 32.2 Å². The second kappa shape index (κ2) is 8.70. The van der Waals surface area contributed by atoms with Crippen LogP contribution in [0, 0.1) is 0 Å². The summed E-state index contributed by atoms with van der Waals surface area (Å²) < 4.78 is 1.33. The number of nitrogens with one attached hydrogen (secondary N) is 1. The number of anilines is 1. The van der Waals surface area contributed by atoms with E-state index in [4.69, 9.17) is 23.2 Å². The van der Waals surface area contributed by atoms with Crippen molar-refractivity contribution in [1.82, 2.24) is 9.55 Å². The fraction of sp³-hybridized carbons (Fsp3) is 0.208. The summed E-state index contributed by atoms with van der Waals surface area (Å²) in [5, 5.41) is 6.09. The molecule has 2 aromatic heterocycles. The Bertz CT molecular complexity index is 1390. The molecule has 4 aromatic rings. The fourth-order valence-electron chi connectivity index (χ4n) is 4.17. The van der Waals surface area contributed by atoms with Gasteiger partial charge in [-0.1, -0.05) is 41.4 Å². The van der Waals surface area contributed by atoms with Gasteiger partial charge in [0.2, 0.25) is 5.91 Å². The number of rotatable bonds is 4. The number of fused-ring (bicyclic) bond motifs is 2. The van der Waals surface area contributed by atoms with Crippen molar-refractivity contribution in [2.24, 2.45) is 0 Å². The van der Waals surface area contributed by atoms with Crippen LogP contribution in [-0.4, -0.2) is 15.5 Å². The molecule has 0 radical (unpaired) electrons. The third-order valence-corrected chi connectivity index (χ3v) is 7.00. The molecule has 8 heteroatoms. The number of aromatic nitrogens is 2. The van der Waals surface area contributed by atoms with E-state index in [1.165, 1.54) is 46.2 Å². The maximum Gasteiger partial charge on any atom is 0.263 e. The highest BCUT2D eigenvalue weighted by Crippen LogP contribution is 2.33. The number of aryl methyl sites for hydroxylation is 2. The Morgan fingerprint density at radius 2 is 1.81 bits per heavy atom. The zero-order chi connectivity index (χ0) is 22.2. The molecule has 2 aromatic carbocycles. The molecule has 0 saturated heterocycles. The van der Waals surface area contributed by atoms with Crippen LogP contribution in [0.3, 0.4) is 0 Å². The van der Waals surface area contributed by atoms with Crippen molar-refractivity contribution in [3.05, 3.63) is 79.6 Å². The second-order valence-electron chi connectivity index (χ2n) is 7.90. The predicted octanol–water partition coefficient (Wildman–Crippen LogP) is 5.95. The average molecular weight is 484 g/mol. The van der Waals surface area contributed by atoms with Crippen LogP contribution in [0.1, 0.15) is 24.0 Å². The smallest absolute Gasteiger partial charge is 0.263 e. The summed E-state index contributed by atoms with van der Waals surface area (Å²) in [6.45, 7) is -0.161. The molecule has 0 aliphatic heterocycles. The molecule has 1 amide bonds. The highest BCUT2D eigenvalue weighted by atomic mass is 35.5. The van der Waals surface area contributed by atoms with Crippen molar-refractivity contribution in [3.8, 4) is 11.1 Å². The molecule has 1 N–H and O–H groups in total. The minimum Gasteiger partial charge on any atom is -0.324 e. The summed E-state index contributed by atoms with van der Waals surface area (Å²) >= 11 is 13.4.